The Kier molecular flexibility index (Phi) is 5.05. The number of nitrogens with two attached hydrogens (primary N) is 1. The van der Waals surface area contributed by atoms with Gasteiger partial charge in [-0.1, -0.05) is 6.08 Å². The first kappa shape index (κ1) is 16.7. The molecule has 0 spiro atoms. The number of halogens is 1. The molecule has 1 aliphatic carbocycles. The van der Waals surface area contributed by atoms with E-state index in [2.05, 4.69) is 37.5 Å². The predicted octanol–water partition coefficient (Wildman–Crippen LogP) is 3.28. The Balaban J connectivity index is 1.98. The normalized spacial score (nSPS) is 18.5. The molecular weight excluding hydrogens is 348 g/mol. The number of hydrogen-bond acceptors (Lipinski definition) is 5. The highest BCUT2D eigenvalue weighted by Gasteiger charge is 2.22. The van der Waals surface area contributed by atoms with Crippen LogP contribution in [0.5, 0.6) is 0 Å². The van der Waals surface area contributed by atoms with E-state index in [-0.39, 0.29) is 12.1 Å². The molecule has 6 nitrogen and oxygen atoms in total. The van der Waals surface area contributed by atoms with Crippen LogP contribution in [0.1, 0.15) is 45.6 Å². The van der Waals surface area contributed by atoms with Crippen LogP contribution < -0.4 is 11.1 Å². The average Bonchev–Trinajstić information content (AvgIpc) is 2.40. The fourth-order valence-corrected chi connectivity index (χ4v) is 2.63. The second kappa shape index (κ2) is 6.64. The molecular formula is C15H21BrN4O2. The Bertz CT molecular complexity index is 596. The van der Waals surface area contributed by atoms with Gasteiger partial charge in [0.15, 0.2) is 5.82 Å². The van der Waals surface area contributed by atoms with E-state index in [0.29, 0.717) is 10.4 Å². The van der Waals surface area contributed by atoms with Crippen LogP contribution in [0.4, 0.5) is 10.6 Å². The third-order valence-corrected chi connectivity index (χ3v) is 3.66. The minimum absolute atomic E-state index is 0.0815. The van der Waals surface area contributed by atoms with Gasteiger partial charge in [-0.15, -0.1) is 10.2 Å². The number of carbonyl (C=O) groups excluding carboxylic acids is 1. The van der Waals surface area contributed by atoms with E-state index < -0.39 is 5.60 Å². The van der Waals surface area contributed by atoms with Crippen LogP contribution >= 0.6 is 15.9 Å². The van der Waals surface area contributed by atoms with Crippen LogP contribution in [-0.2, 0) is 4.74 Å². The Labute approximate surface area is 138 Å². The summed E-state index contributed by atoms with van der Waals surface area (Å²) in [5.41, 5.74) is 7.43. The third-order valence-electron chi connectivity index (χ3n) is 3.27. The fourth-order valence-electron chi connectivity index (χ4n) is 2.32. The van der Waals surface area contributed by atoms with Crippen molar-refractivity contribution < 1.29 is 9.53 Å². The molecule has 0 aromatic carbocycles. The van der Waals surface area contributed by atoms with Crippen LogP contribution in [-0.4, -0.2) is 27.9 Å². The first-order valence-corrected chi connectivity index (χ1v) is 8.01. The number of allylic oxidation sites excluding steroid dienone is 1. The number of amides is 1. The van der Waals surface area contributed by atoms with Crippen molar-refractivity contribution in [3.63, 3.8) is 0 Å². The second-order valence-electron chi connectivity index (χ2n) is 6.31. The van der Waals surface area contributed by atoms with Gasteiger partial charge in [-0.05, 0) is 67.6 Å². The number of nitrogen functional groups attached to an aromatic ring is 1. The molecule has 2 rings (SSSR count). The molecule has 0 fully saturated rings. The molecule has 1 aliphatic rings. The van der Waals surface area contributed by atoms with Gasteiger partial charge >= 0.3 is 6.09 Å². The number of alkyl carbamates (subject to hydrolysis) is 1. The van der Waals surface area contributed by atoms with E-state index in [9.17, 15) is 4.79 Å². The van der Waals surface area contributed by atoms with Gasteiger partial charge in [0, 0.05) is 11.6 Å². The van der Waals surface area contributed by atoms with Crippen molar-refractivity contribution in [3.05, 3.63) is 22.3 Å². The maximum absolute atomic E-state index is 11.8. The van der Waals surface area contributed by atoms with Crippen LogP contribution in [0, 0.1) is 0 Å². The lowest BCUT2D eigenvalue weighted by molar-refractivity contribution is 0.0502. The second-order valence-corrected chi connectivity index (χ2v) is 7.13. The van der Waals surface area contributed by atoms with Gasteiger partial charge in [0.2, 0.25) is 0 Å². The number of ether oxygens (including phenoxy) is 1. The van der Waals surface area contributed by atoms with Gasteiger partial charge < -0.3 is 15.8 Å². The lowest BCUT2D eigenvalue weighted by Crippen LogP contribution is -2.39. The first-order chi connectivity index (χ1) is 10.2. The Morgan fingerprint density at radius 3 is 2.77 bits per heavy atom. The number of aromatic nitrogens is 2. The summed E-state index contributed by atoms with van der Waals surface area (Å²) in [7, 11) is 0. The van der Waals surface area contributed by atoms with Crippen LogP contribution in [0.2, 0.25) is 0 Å². The van der Waals surface area contributed by atoms with Crippen LogP contribution in [0.15, 0.2) is 16.7 Å². The lowest BCUT2D eigenvalue weighted by atomic mass is 9.91. The van der Waals surface area contributed by atoms with E-state index in [1.54, 1.807) is 0 Å². The van der Waals surface area contributed by atoms with Gasteiger partial charge in [-0.2, -0.15) is 0 Å². The zero-order valence-corrected chi connectivity index (χ0v) is 14.6. The molecule has 0 radical (unpaired) electrons. The summed E-state index contributed by atoms with van der Waals surface area (Å²) in [4.78, 5) is 11.8. The van der Waals surface area contributed by atoms with E-state index in [0.717, 1.165) is 30.4 Å². The minimum Gasteiger partial charge on any atom is -0.444 e. The zero-order chi connectivity index (χ0) is 16.3. The first-order valence-electron chi connectivity index (χ1n) is 7.22. The number of nitrogens with one attached hydrogen (secondary N) is 1. The number of hydrogen-bond donors (Lipinski definition) is 2. The molecule has 1 unspecified atom stereocenters. The molecule has 1 aromatic heterocycles. The van der Waals surface area contributed by atoms with Gasteiger partial charge in [0.1, 0.15) is 10.2 Å². The van der Waals surface area contributed by atoms with Crippen molar-refractivity contribution in [2.45, 2.75) is 51.7 Å². The largest absolute Gasteiger partial charge is 0.444 e. The van der Waals surface area contributed by atoms with E-state index in [4.69, 9.17) is 10.5 Å². The summed E-state index contributed by atoms with van der Waals surface area (Å²) in [6, 6.07) is 1.95. The van der Waals surface area contributed by atoms with Crippen molar-refractivity contribution >= 4 is 33.4 Å². The predicted molar refractivity (Wildman–Crippen MR) is 89.1 cm³/mol. The minimum atomic E-state index is -0.483. The molecule has 1 aromatic rings. The highest BCUT2D eigenvalue weighted by atomic mass is 79.9. The number of anilines is 1. The van der Waals surface area contributed by atoms with Crippen molar-refractivity contribution in [1.82, 2.24) is 15.5 Å². The van der Waals surface area contributed by atoms with Crippen molar-refractivity contribution in [1.29, 1.82) is 0 Å². The van der Waals surface area contributed by atoms with Crippen LogP contribution in [0.3, 0.4) is 0 Å². The molecule has 1 atom stereocenters. The summed E-state index contributed by atoms with van der Waals surface area (Å²) < 4.78 is 5.93. The van der Waals surface area contributed by atoms with E-state index in [1.807, 2.05) is 26.8 Å². The number of carbonyl (C=O) groups is 1. The van der Waals surface area contributed by atoms with Crippen molar-refractivity contribution in [2.24, 2.45) is 0 Å². The van der Waals surface area contributed by atoms with Gasteiger partial charge in [-0.3, -0.25) is 0 Å². The summed E-state index contributed by atoms with van der Waals surface area (Å²) >= 11 is 3.31. The summed E-state index contributed by atoms with van der Waals surface area (Å²) in [6.07, 6.45) is 4.12. The molecule has 1 amide bonds. The maximum Gasteiger partial charge on any atom is 0.407 e. The van der Waals surface area contributed by atoms with Crippen LogP contribution in [0.25, 0.3) is 5.57 Å². The summed E-state index contributed by atoms with van der Waals surface area (Å²) in [6.45, 7) is 5.55. The van der Waals surface area contributed by atoms with Gasteiger partial charge in [0.25, 0.3) is 0 Å². The molecule has 1 heterocycles. The highest BCUT2D eigenvalue weighted by Crippen LogP contribution is 2.30. The molecule has 120 valence electrons. The maximum atomic E-state index is 11.8. The SMILES string of the molecule is CC(C)(C)OC(=O)NC1CC=C(c2cc(Br)nnc2N)CC1. The molecule has 0 bridgehead atoms. The zero-order valence-electron chi connectivity index (χ0n) is 13.0. The lowest BCUT2D eigenvalue weighted by Gasteiger charge is -2.26. The standard InChI is InChI=1S/C15H21BrN4O2/c1-15(2,3)22-14(21)18-10-6-4-9(5-7-10)11-8-12(16)19-20-13(11)17/h4,8,10H,5-7H2,1-3H3,(H2,17,20)(H,18,21). The molecule has 0 aliphatic heterocycles. The smallest absolute Gasteiger partial charge is 0.407 e. The van der Waals surface area contributed by atoms with Gasteiger partial charge in [0.05, 0.1) is 0 Å². The average molecular weight is 369 g/mol. The van der Waals surface area contributed by atoms with Crippen molar-refractivity contribution in [2.75, 3.05) is 5.73 Å². The molecule has 0 saturated heterocycles. The quantitative estimate of drug-likeness (QED) is 0.835. The number of rotatable bonds is 2. The summed E-state index contributed by atoms with van der Waals surface area (Å²) in [5.74, 6) is 0.424. The van der Waals surface area contributed by atoms with Gasteiger partial charge in [-0.25, -0.2) is 4.79 Å². The Hall–Kier alpha value is -1.63. The topological polar surface area (TPSA) is 90.1 Å². The fraction of sp³-hybridized carbons (Fsp3) is 0.533. The molecule has 3 N–H and O–H groups in total. The van der Waals surface area contributed by atoms with Crippen molar-refractivity contribution in [3.8, 4) is 0 Å². The number of nitrogens with zero attached hydrogens (tertiary/aromatic N) is 2. The van der Waals surface area contributed by atoms with E-state index >= 15 is 0 Å². The summed E-state index contributed by atoms with van der Waals surface area (Å²) in [5, 5.41) is 10.7. The Morgan fingerprint density at radius 1 is 1.45 bits per heavy atom. The molecule has 22 heavy (non-hydrogen) atoms. The third kappa shape index (κ3) is 4.69. The molecule has 7 heteroatoms. The molecule has 0 saturated carbocycles. The van der Waals surface area contributed by atoms with E-state index in [1.165, 1.54) is 0 Å². The monoisotopic (exact) mass is 368 g/mol. The Morgan fingerprint density at radius 2 is 2.18 bits per heavy atom. The highest BCUT2D eigenvalue weighted by molar-refractivity contribution is 9.10.